The van der Waals surface area contributed by atoms with Gasteiger partial charge in [-0.25, -0.2) is 4.79 Å². The lowest BCUT2D eigenvalue weighted by atomic mass is 10.2. The maximum Gasteiger partial charge on any atom is 0.326 e. The Kier molecular flexibility index (Phi) is 5.25. The number of rotatable bonds is 5. The average Bonchev–Trinajstić information content (AvgIpc) is 2.85. The number of aliphatic carboxylic acids is 1. The van der Waals surface area contributed by atoms with Gasteiger partial charge in [-0.05, 0) is 19.8 Å². The van der Waals surface area contributed by atoms with Crippen molar-refractivity contribution in [3.05, 3.63) is 0 Å². The number of hydrogen-bond donors (Lipinski definition) is 4. The van der Waals surface area contributed by atoms with Crippen LogP contribution in [0.15, 0.2) is 0 Å². The smallest absolute Gasteiger partial charge is 0.326 e. The number of nitrogens with two attached hydrogens (primary N) is 1. The van der Waals surface area contributed by atoms with E-state index in [1.54, 1.807) is 0 Å². The number of nitrogens with zero attached hydrogens (tertiary/aromatic N) is 1. The Morgan fingerprint density at radius 2 is 2.11 bits per heavy atom. The van der Waals surface area contributed by atoms with E-state index in [9.17, 15) is 14.4 Å². The monoisotopic (exact) mass is 273 g/mol. The van der Waals surface area contributed by atoms with E-state index >= 15 is 0 Å². The van der Waals surface area contributed by atoms with Gasteiger partial charge in [-0.15, -0.1) is 0 Å². The number of nitrogens with one attached hydrogen (secondary N) is 1. The van der Waals surface area contributed by atoms with Crippen molar-refractivity contribution in [1.29, 1.82) is 0 Å². The highest BCUT2D eigenvalue weighted by Crippen LogP contribution is 2.18. The van der Waals surface area contributed by atoms with Gasteiger partial charge in [0.2, 0.25) is 11.8 Å². The van der Waals surface area contributed by atoms with Crippen LogP contribution in [0.5, 0.6) is 0 Å². The Balaban J connectivity index is 2.62. The van der Waals surface area contributed by atoms with E-state index in [1.807, 2.05) is 0 Å². The molecule has 0 spiro atoms. The van der Waals surface area contributed by atoms with E-state index in [-0.39, 0.29) is 0 Å². The molecule has 3 atom stereocenters. The second-order valence-electron chi connectivity index (χ2n) is 4.55. The lowest BCUT2D eigenvalue weighted by Crippen LogP contribution is -2.53. The van der Waals surface area contributed by atoms with Crippen LogP contribution in [0, 0.1) is 0 Å². The molecule has 0 aromatic heterocycles. The van der Waals surface area contributed by atoms with Gasteiger partial charge in [-0.2, -0.15) is 0 Å². The molecule has 0 aromatic carbocycles. The molecule has 1 heterocycles. The van der Waals surface area contributed by atoms with E-state index in [0.29, 0.717) is 19.4 Å². The standard InChI is InChI=1S/C11H19N3O5/c1-6(13-9(16)7(12)5-15)10(17)14-4-2-3-8(14)11(18)19/h6-8,15H,2-5,12H2,1H3,(H,13,16)(H,18,19)/t6-,7+,8+/m1/s1. The maximum absolute atomic E-state index is 12.1. The molecule has 0 unspecified atom stereocenters. The van der Waals surface area contributed by atoms with Gasteiger partial charge < -0.3 is 26.2 Å². The van der Waals surface area contributed by atoms with E-state index in [1.165, 1.54) is 11.8 Å². The number of aliphatic hydroxyl groups excluding tert-OH is 1. The van der Waals surface area contributed by atoms with Gasteiger partial charge in [0, 0.05) is 6.54 Å². The Morgan fingerprint density at radius 3 is 2.63 bits per heavy atom. The van der Waals surface area contributed by atoms with Crippen molar-refractivity contribution in [2.45, 2.75) is 37.9 Å². The average molecular weight is 273 g/mol. The molecule has 1 aliphatic heterocycles. The van der Waals surface area contributed by atoms with E-state index < -0.39 is 42.5 Å². The third kappa shape index (κ3) is 3.65. The fourth-order valence-electron chi connectivity index (χ4n) is 2.00. The fraction of sp³-hybridized carbons (Fsp3) is 0.727. The molecule has 1 fully saturated rings. The summed E-state index contributed by atoms with van der Waals surface area (Å²) in [5.41, 5.74) is 5.31. The fourth-order valence-corrected chi connectivity index (χ4v) is 2.00. The van der Waals surface area contributed by atoms with Crippen molar-refractivity contribution in [3.63, 3.8) is 0 Å². The number of likely N-dealkylation sites (tertiary alicyclic amines) is 1. The van der Waals surface area contributed by atoms with Crippen LogP contribution in [0.3, 0.4) is 0 Å². The lowest BCUT2D eigenvalue weighted by molar-refractivity contribution is -0.149. The van der Waals surface area contributed by atoms with Crippen LogP contribution in [-0.4, -0.2) is 64.2 Å². The Labute approximate surface area is 110 Å². The van der Waals surface area contributed by atoms with Crippen LogP contribution in [0.4, 0.5) is 0 Å². The van der Waals surface area contributed by atoms with Gasteiger partial charge in [-0.1, -0.05) is 0 Å². The summed E-state index contributed by atoms with van der Waals surface area (Å²) in [5, 5.41) is 20.1. The Hall–Kier alpha value is -1.67. The van der Waals surface area contributed by atoms with Gasteiger partial charge in [-0.3, -0.25) is 9.59 Å². The molecule has 8 heteroatoms. The van der Waals surface area contributed by atoms with Crippen LogP contribution in [0.25, 0.3) is 0 Å². The van der Waals surface area contributed by atoms with Gasteiger partial charge in [0.25, 0.3) is 0 Å². The van der Waals surface area contributed by atoms with Crippen molar-refractivity contribution in [2.75, 3.05) is 13.2 Å². The Bertz CT molecular complexity index is 373. The van der Waals surface area contributed by atoms with Crippen LogP contribution < -0.4 is 11.1 Å². The highest BCUT2D eigenvalue weighted by atomic mass is 16.4. The summed E-state index contributed by atoms with van der Waals surface area (Å²) in [6, 6.07) is -2.80. The maximum atomic E-state index is 12.1. The summed E-state index contributed by atoms with van der Waals surface area (Å²) in [5.74, 6) is -2.14. The zero-order chi connectivity index (χ0) is 14.6. The number of carboxylic acid groups (broad SMARTS) is 1. The summed E-state index contributed by atoms with van der Waals surface area (Å²) in [7, 11) is 0. The predicted molar refractivity (Wildman–Crippen MR) is 65.0 cm³/mol. The molecule has 2 amide bonds. The van der Waals surface area contributed by atoms with Crippen LogP contribution >= 0.6 is 0 Å². The van der Waals surface area contributed by atoms with E-state index in [2.05, 4.69) is 5.32 Å². The normalized spacial score (nSPS) is 21.8. The van der Waals surface area contributed by atoms with E-state index in [0.717, 1.165) is 0 Å². The summed E-state index contributed by atoms with van der Waals surface area (Å²) in [6.45, 7) is 1.30. The highest BCUT2D eigenvalue weighted by Gasteiger charge is 2.36. The first-order valence-corrected chi connectivity index (χ1v) is 6.08. The van der Waals surface area contributed by atoms with Gasteiger partial charge in [0.15, 0.2) is 0 Å². The van der Waals surface area contributed by atoms with Crippen molar-refractivity contribution in [2.24, 2.45) is 5.73 Å². The van der Waals surface area contributed by atoms with Crippen molar-refractivity contribution >= 4 is 17.8 Å². The molecule has 5 N–H and O–H groups in total. The zero-order valence-corrected chi connectivity index (χ0v) is 10.7. The minimum absolute atomic E-state index is 0.363. The number of carbonyl (C=O) groups is 3. The molecule has 108 valence electrons. The minimum atomic E-state index is -1.09. The first kappa shape index (κ1) is 15.4. The summed E-state index contributed by atoms with van der Waals surface area (Å²) >= 11 is 0. The number of aliphatic hydroxyl groups is 1. The predicted octanol–water partition coefficient (Wildman–Crippen LogP) is -2.11. The third-order valence-electron chi connectivity index (χ3n) is 3.08. The Morgan fingerprint density at radius 1 is 1.47 bits per heavy atom. The molecular weight excluding hydrogens is 254 g/mol. The summed E-state index contributed by atoms with van der Waals surface area (Å²) in [6.07, 6.45) is 1.04. The summed E-state index contributed by atoms with van der Waals surface area (Å²) < 4.78 is 0. The SMILES string of the molecule is C[C@@H](NC(=O)[C@@H](N)CO)C(=O)N1CCC[C@H]1C(=O)O. The topological polar surface area (TPSA) is 133 Å². The summed E-state index contributed by atoms with van der Waals surface area (Å²) in [4.78, 5) is 35.7. The first-order valence-electron chi connectivity index (χ1n) is 6.08. The number of carboxylic acids is 1. The molecule has 1 aliphatic rings. The van der Waals surface area contributed by atoms with Gasteiger partial charge in [0.1, 0.15) is 18.1 Å². The number of amides is 2. The second-order valence-corrected chi connectivity index (χ2v) is 4.55. The van der Waals surface area contributed by atoms with E-state index in [4.69, 9.17) is 15.9 Å². The molecule has 8 nitrogen and oxygen atoms in total. The molecule has 0 saturated carbocycles. The first-order chi connectivity index (χ1) is 8.88. The van der Waals surface area contributed by atoms with Gasteiger partial charge in [0.05, 0.1) is 6.61 Å². The molecule has 19 heavy (non-hydrogen) atoms. The van der Waals surface area contributed by atoms with Crippen LogP contribution in [0.2, 0.25) is 0 Å². The molecular formula is C11H19N3O5. The quantitative estimate of drug-likeness (QED) is 0.453. The van der Waals surface area contributed by atoms with Crippen molar-refractivity contribution in [3.8, 4) is 0 Å². The number of carbonyl (C=O) groups excluding carboxylic acids is 2. The molecule has 1 saturated heterocycles. The molecule has 0 radical (unpaired) electrons. The highest BCUT2D eigenvalue weighted by molar-refractivity contribution is 5.91. The zero-order valence-electron chi connectivity index (χ0n) is 10.7. The van der Waals surface area contributed by atoms with Crippen LogP contribution in [0.1, 0.15) is 19.8 Å². The van der Waals surface area contributed by atoms with Crippen molar-refractivity contribution in [1.82, 2.24) is 10.2 Å². The lowest BCUT2D eigenvalue weighted by Gasteiger charge is -2.25. The van der Waals surface area contributed by atoms with Crippen molar-refractivity contribution < 1.29 is 24.6 Å². The van der Waals surface area contributed by atoms with Crippen LogP contribution in [-0.2, 0) is 14.4 Å². The van der Waals surface area contributed by atoms with Gasteiger partial charge >= 0.3 is 5.97 Å². The molecule has 0 aromatic rings. The molecule has 1 rings (SSSR count). The second kappa shape index (κ2) is 6.48. The molecule has 0 bridgehead atoms. The third-order valence-corrected chi connectivity index (χ3v) is 3.08. The molecule has 0 aliphatic carbocycles. The number of hydrogen-bond acceptors (Lipinski definition) is 5. The minimum Gasteiger partial charge on any atom is -0.480 e. The largest absolute Gasteiger partial charge is 0.480 e.